The molecule has 0 aliphatic heterocycles. The Morgan fingerprint density at radius 3 is 2.59 bits per heavy atom. The van der Waals surface area contributed by atoms with E-state index in [2.05, 4.69) is 0 Å². The molecule has 17 heavy (non-hydrogen) atoms. The van der Waals surface area contributed by atoms with Crippen molar-refractivity contribution < 1.29 is 9.15 Å². The van der Waals surface area contributed by atoms with Gasteiger partial charge in [-0.25, -0.2) is 0 Å². The molecule has 0 radical (unpaired) electrons. The number of furan rings is 1. The number of rotatable bonds is 4. The lowest BCUT2D eigenvalue weighted by atomic mass is 10.1. The maximum atomic E-state index is 5.93. The number of hydrogen-bond donors (Lipinski definition) is 1. The van der Waals surface area contributed by atoms with Crippen molar-refractivity contribution in [2.75, 3.05) is 0 Å². The van der Waals surface area contributed by atoms with Crippen LogP contribution in [0.2, 0.25) is 0 Å². The molecule has 0 bridgehead atoms. The molecule has 0 unspecified atom stereocenters. The molecule has 1 aliphatic carbocycles. The topological polar surface area (TPSA) is 48.4 Å². The van der Waals surface area contributed by atoms with Crippen LogP contribution in [0.4, 0.5) is 0 Å². The fraction of sp³-hybridized carbons (Fsp3) is 0.714. The molecule has 96 valence electrons. The normalized spacial score (nSPS) is 18.2. The van der Waals surface area contributed by atoms with E-state index in [1.807, 2.05) is 13.0 Å². The van der Waals surface area contributed by atoms with Gasteiger partial charge in [-0.2, -0.15) is 0 Å². The number of nitrogens with two attached hydrogens (primary N) is 1. The van der Waals surface area contributed by atoms with E-state index >= 15 is 0 Å². The van der Waals surface area contributed by atoms with E-state index in [-0.39, 0.29) is 0 Å². The van der Waals surface area contributed by atoms with E-state index in [4.69, 9.17) is 14.9 Å². The quantitative estimate of drug-likeness (QED) is 0.817. The predicted octanol–water partition coefficient (Wildman–Crippen LogP) is 3.29. The molecule has 0 aromatic carbocycles. The summed E-state index contributed by atoms with van der Waals surface area (Å²) in [4.78, 5) is 0. The van der Waals surface area contributed by atoms with Crippen molar-refractivity contribution in [3.63, 3.8) is 0 Å². The Morgan fingerprint density at radius 1 is 1.29 bits per heavy atom. The number of aryl methyl sites for hydroxylation is 1. The molecule has 3 heteroatoms. The maximum absolute atomic E-state index is 5.93. The summed E-state index contributed by atoms with van der Waals surface area (Å²) in [5, 5.41) is 0. The van der Waals surface area contributed by atoms with Crippen molar-refractivity contribution in [1.82, 2.24) is 0 Å². The summed E-state index contributed by atoms with van der Waals surface area (Å²) < 4.78 is 11.6. The van der Waals surface area contributed by atoms with Gasteiger partial charge in [0.25, 0.3) is 0 Å². The van der Waals surface area contributed by atoms with E-state index in [1.165, 1.54) is 38.5 Å². The lowest BCUT2D eigenvalue weighted by molar-refractivity contribution is 0.0215. The van der Waals surface area contributed by atoms with Crippen molar-refractivity contribution in [3.05, 3.63) is 23.2 Å². The van der Waals surface area contributed by atoms with E-state index in [1.54, 1.807) is 0 Å². The van der Waals surface area contributed by atoms with E-state index in [0.29, 0.717) is 19.3 Å². The molecule has 0 amide bonds. The first-order valence-corrected chi connectivity index (χ1v) is 6.69. The Morgan fingerprint density at radius 2 is 2.00 bits per heavy atom. The van der Waals surface area contributed by atoms with Crippen LogP contribution in [-0.4, -0.2) is 6.10 Å². The van der Waals surface area contributed by atoms with Crippen LogP contribution < -0.4 is 5.73 Å². The van der Waals surface area contributed by atoms with Gasteiger partial charge in [-0.3, -0.25) is 0 Å². The van der Waals surface area contributed by atoms with Crippen molar-refractivity contribution >= 4 is 0 Å². The predicted molar refractivity (Wildman–Crippen MR) is 67.6 cm³/mol. The summed E-state index contributed by atoms with van der Waals surface area (Å²) in [6, 6.07) is 2.04. The van der Waals surface area contributed by atoms with Crippen molar-refractivity contribution in [3.8, 4) is 0 Å². The van der Waals surface area contributed by atoms with Crippen molar-refractivity contribution in [1.29, 1.82) is 0 Å². The molecule has 1 aliphatic rings. The molecule has 1 aromatic heterocycles. The lowest BCUT2D eigenvalue weighted by Crippen LogP contribution is -2.11. The van der Waals surface area contributed by atoms with Crippen LogP contribution in [0.1, 0.15) is 55.6 Å². The van der Waals surface area contributed by atoms with Gasteiger partial charge in [-0.05, 0) is 31.4 Å². The van der Waals surface area contributed by atoms with Crippen LogP contribution in [0, 0.1) is 6.92 Å². The lowest BCUT2D eigenvalue weighted by Gasteiger charge is -2.13. The SMILES string of the molecule is Cc1cc(COC2CCCCCC2)oc1CN. The summed E-state index contributed by atoms with van der Waals surface area (Å²) in [6.07, 6.45) is 8.14. The second kappa shape index (κ2) is 6.22. The van der Waals surface area contributed by atoms with Gasteiger partial charge < -0.3 is 14.9 Å². The van der Waals surface area contributed by atoms with Crippen LogP contribution in [-0.2, 0) is 17.9 Å². The molecule has 1 saturated carbocycles. The Kier molecular flexibility index (Phi) is 4.63. The third kappa shape index (κ3) is 3.58. The van der Waals surface area contributed by atoms with Crippen LogP contribution in [0.5, 0.6) is 0 Å². The highest BCUT2D eigenvalue weighted by Gasteiger charge is 2.14. The van der Waals surface area contributed by atoms with Gasteiger partial charge >= 0.3 is 0 Å². The molecule has 3 nitrogen and oxygen atoms in total. The highest BCUT2D eigenvalue weighted by Crippen LogP contribution is 2.22. The Balaban J connectivity index is 1.83. The minimum Gasteiger partial charge on any atom is -0.462 e. The average molecular weight is 237 g/mol. The van der Waals surface area contributed by atoms with Gasteiger partial charge in [0.2, 0.25) is 0 Å². The zero-order chi connectivity index (χ0) is 12.1. The molecule has 1 heterocycles. The molecule has 2 rings (SSSR count). The third-order valence-electron chi connectivity index (χ3n) is 3.52. The zero-order valence-corrected chi connectivity index (χ0v) is 10.7. The summed E-state index contributed by atoms with van der Waals surface area (Å²) in [6.45, 7) is 3.08. The highest BCUT2D eigenvalue weighted by molar-refractivity contribution is 5.19. The standard InChI is InChI=1S/C14H23NO2/c1-11-8-13(17-14(11)9-15)10-16-12-6-4-2-3-5-7-12/h8,12H,2-7,9-10,15H2,1H3. The molecule has 0 spiro atoms. The maximum Gasteiger partial charge on any atom is 0.130 e. The van der Waals surface area contributed by atoms with Gasteiger partial charge in [-0.15, -0.1) is 0 Å². The molecular formula is C14H23NO2. The second-order valence-corrected chi connectivity index (χ2v) is 4.95. The van der Waals surface area contributed by atoms with Gasteiger partial charge in [0.05, 0.1) is 12.6 Å². The summed E-state index contributed by atoms with van der Waals surface area (Å²) in [7, 11) is 0. The highest BCUT2D eigenvalue weighted by atomic mass is 16.5. The smallest absolute Gasteiger partial charge is 0.130 e. The van der Waals surface area contributed by atoms with Crippen LogP contribution >= 0.6 is 0 Å². The monoisotopic (exact) mass is 237 g/mol. The fourth-order valence-corrected chi connectivity index (χ4v) is 2.47. The molecule has 0 atom stereocenters. The summed E-state index contributed by atoms with van der Waals surface area (Å²) in [5.41, 5.74) is 6.72. The number of ether oxygens (including phenoxy) is 1. The Labute approximate surface area is 103 Å². The Hall–Kier alpha value is -0.800. The molecule has 0 saturated heterocycles. The molecule has 1 fully saturated rings. The molecule has 1 aromatic rings. The molecular weight excluding hydrogens is 214 g/mol. The van der Waals surface area contributed by atoms with E-state index < -0.39 is 0 Å². The van der Waals surface area contributed by atoms with E-state index in [9.17, 15) is 0 Å². The molecule has 2 N–H and O–H groups in total. The van der Waals surface area contributed by atoms with Gasteiger partial charge in [0, 0.05) is 0 Å². The second-order valence-electron chi connectivity index (χ2n) is 4.95. The first-order valence-electron chi connectivity index (χ1n) is 6.69. The van der Waals surface area contributed by atoms with Crippen LogP contribution in [0.15, 0.2) is 10.5 Å². The van der Waals surface area contributed by atoms with Gasteiger partial charge in [0.15, 0.2) is 0 Å². The van der Waals surface area contributed by atoms with Crippen LogP contribution in [0.25, 0.3) is 0 Å². The van der Waals surface area contributed by atoms with Gasteiger partial charge in [0.1, 0.15) is 18.1 Å². The minimum absolute atomic E-state index is 0.421. The summed E-state index contributed by atoms with van der Waals surface area (Å²) in [5.74, 6) is 1.79. The average Bonchev–Trinajstić information content (AvgIpc) is 2.55. The zero-order valence-electron chi connectivity index (χ0n) is 10.7. The summed E-state index contributed by atoms with van der Waals surface area (Å²) >= 11 is 0. The first-order chi connectivity index (χ1) is 8.29. The fourth-order valence-electron chi connectivity index (χ4n) is 2.47. The minimum atomic E-state index is 0.421. The number of hydrogen-bond acceptors (Lipinski definition) is 3. The largest absolute Gasteiger partial charge is 0.462 e. The third-order valence-corrected chi connectivity index (χ3v) is 3.52. The van der Waals surface area contributed by atoms with Crippen LogP contribution in [0.3, 0.4) is 0 Å². The van der Waals surface area contributed by atoms with Gasteiger partial charge in [-0.1, -0.05) is 25.7 Å². The first kappa shape index (κ1) is 12.7. The Bertz CT molecular complexity index is 338. The van der Waals surface area contributed by atoms with E-state index in [0.717, 1.165) is 17.1 Å². The van der Waals surface area contributed by atoms with Crippen molar-refractivity contribution in [2.45, 2.75) is 64.7 Å². The van der Waals surface area contributed by atoms with Crippen molar-refractivity contribution in [2.24, 2.45) is 5.73 Å².